The van der Waals surface area contributed by atoms with E-state index in [2.05, 4.69) is 41.5 Å². The second-order valence-electron chi connectivity index (χ2n) is 6.51. The Kier molecular flexibility index (Phi) is 3.48. The first-order chi connectivity index (χ1) is 10.3. The molecule has 1 fully saturated rings. The van der Waals surface area contributed by atoms with Gasteiger partial charge < -0.3 is 15.0 Å². The second-order valence-corrected chi connectivity index (χ2v) is 6.51. The number of aromatic nitrogens is 1. The number of fused-ring (bicyclic) bond motifs is 3. The van der Waals surface area contributed by atoms with Gasteiger partial charge in [-0.15, -0.1) is 0 Å². The van der Waals surface area contributed by atoms with E-state index in [9.17, 15) is 0 Å². The molecule has 112 valence electrons. The number of ether oxygens (including phenoxy) is 1. The van der Waals surface area contributed by atoms with Gasteiger partial charge >= 0.3 is 0 Å². The Bertz CT molecular complexity index is 627. The molecule has 0 amide bonds. The molecule has 1 aromatic heterocycles. The van der Waals surface area contributed by atoms with Crippen molar-refractivity contribution in [3.8, 4) is 0 Å². The Morgan fingerprint density at radius 2 is 2.14 bits per heavy atom. The van der Waals surface area contributed by atoms with Gasteiger partial charge in [-0.25, -0.2) is 0 Å². The van der Waals surface area contributed by atoms with Crippen LogP contribution in [0.25, 0.3) is 10.9 Å². The van der Waals surface area contributed by atoms with Crippen LogP contribution < -0.4 is 5.32 Å². The van der Waals surface area contributed by atoms with Gasteiger partial charge in [0.2, 0.25) is 0 Å². The third-order valence-corrected chi connectivity index (χ3v) is 5.10. The summed E-state index contributed by atoms with van der Waals surface area (Å²) in [5, 5.41) is 5.23. The minimum absolute atomic E-state index is 0.389. The highest BCUT2D eigenvalue weighted by Crippen LogP contribution is 2.35. The maximum Gasteiger partial charge on any atom is 0.0726 e. The Hall–Kier alpha value is -1.32. The minimum Gasteiger partial charge on any atom is -0.377 e. The van der Waals surface area contributed by atoms with Crippen LogP contribution >= 0.6 is 0 Å². The molecule has 2 heterocycles. The maximum absolute atomic E-state index is 5.83. The largest absolute Gasteiger partial charge is 0.377 e. The van der Waals surface area contributed by atoms with E-state index in [0.717, 1.165) is 6.61 Å². The lowest BCUT2D eigenvalue weighted by Crippen LogP contribution is -2.40. The van der Waals surface area contributed by atoms with Crippen molar-refractivity contribution in [2.24, 2.45) is 0 Å². The molecule has 1 aliphatic carbocycles. The average molecular weight is 284 g/mol. The number of benzene rings is 1. The van der Waals surface area contributed by atoms with Crippen LogP contribution in [0, 0.1) is 0 Å². The zero-order valence-electron chi connectivity index (χ0n) is 12.7. The van der Waals surface area contributed by atoms with Crippen LogP contribution in [-0.4, -0.2) is 23.7 Å². The van der Waals surface area contributed by atoms with Crippen molar-refractivity contribution in [3.05, 3.63) is 35.5 Å². The molecule has 1 aliphatic heterocycles. The predicted molar refractivity (Wildman–Crippen MR) is 85.5 cm³/mol. The molecule has 1 saturated heterocycles. The summed E-state index contributed by atoms with van der Waals surface area (Å²) in [5.74, 6) is 0. The molecule has 2 aliphatic rings. The number of nitrogens with one attached hydrogen (secondary N) is 2. The van der Waals surface area contributed by atoms with Crippen LogP contribution in [0.1, 0.15) is 49.9 Å². The number of aryl methyl sites for hydroxylation is 1. The van der Waals surface area contributed by atoms with E-state index in [-0.39, 0.29) is 0 Å². The standard InChI is InChI=1S/C18H24N2O/c1-12(17-10-5-11-21-17)19-16-9-4-7-14-13-6-2-3-8-15(13)20-18(14)16/h2-3,6,8,12,16-17,19-20H,4-5,7,9-11H2,1H3. The molecule has 3 nitrogen and oxygen atoms in total. The second kappa shape index (κ2) is 5.47. The van der Waals surface area contributed by atoms with E-state index in [0.29, 0.717) is 18.2 Å². The van der Waals surface area contributed by atoms with Crippen molar-refractivity contribution in [1.29, 1.82) is 0 Å². The molecular formula is C18H24N2O. The van der Waals surface area contributed by atoms with Gasteiger partial charge in [0.25, 0.3) is 0 Å². The van der Waals surface area contributed by atoms with Crippen molar-refractivity contribution in [2.75, 3.05) is 6.61 Å². The summed E-state index contributed by atoms with van der Waals surface area (Å²) in [6.45, 7) is 3.20. The zero-order valence-corrected chi connectivity index (χ0v) is 12.7. The van der Waals surface area contributed by atoms with Gasteiger partial charge in [-0.2, -0.15) is 0 Å². The fraction of sp³-hybridized carbons (Fsp3) is 0.556. The monoisotopic (exact) mass is 284 g/mol. The first-order valence-corrected chi connectivity index (χ1v) is 8.30. The normalized spacial score (nSPS) is 26.9. The van der Waals surface area contributed by atoms with Gasteiger partial charge in [0.1, 0.15) is 0 Å². The highest BCUT2D eigenvalue weighted by molar-refractivity contribution is 5.85. The van der Waals surface area contributed by atoms with E-state index in [1.807, 2.05) is 0 Å². The Morgan fingerprint density at radius 1 is 1.24 bits per heavy atom. The van der Waals surface area contributed by atoms with Crippen LogP contribution in [0.3, 0.4) is 0 Å². The fourth-order valence-corrected chi connectivity index (χ4v) is 4.00. The highest BCUT2D eigenvalue weighted by Gasteiger charge is 2.29. The summed E-state index contributed by atoms with van der Waals surface area (Å²) < 4.78 is 5.83. The van der Waals surface area contributed by atoms with Gasteiger partial charge in [0.15, 0.2) is 0 Å². The molecule has 1 aromatic carbocycles. The quantitative estimate of drug-likeness (QED) is 0.901. The van der Waals surface area contributed by atoms with Gasteiger partial charge in [-0.3, -0.25) is 0 Å². The van der Waals surface area contributed by atoms with Crippen LogP contribution in [0.2, 0.25) is 0 Å². The molecule has 0 bridgehead atoms. The Balaban J connectivity index is 1.60. The average Bonchev–Trinajstić information content (AvgIpc) is 3.15. The summed E-state index contributed by atoms with van der Waals surface area (Å²) in [6.07, 6.45) is 6.48. The lowest BCUT2D eigenvalue weighted by Gasteiger charge is -2.29. The van der Waals surface area contributed by atoms with Crippen molar-refractivity contribution in [2.45, 2.75) is 57.2 Å². The molecule has 21 heavy (non-hydrogen) atoms. The van der Waals surface area contributed by atoms with Crippen LogP contribution in [-0.2, 0) is 11.2 Å². The van der Waals surface area contributed by atoms with Gasteiger partial charge in [-0.1, -0.05) is 18.2 Å². The summed E-state index contributed by atoms with van der Waals surface area (Å²) in [4.78, 5) is 3.66. The maximum atomic E-state index is 5.83. The summed E-state index contributed by atoms with van der Waals surface area (Å²) in [6, 6.07) is 9.56. The topological polar surface area (TPSA) is 37.0 Å². The van der Waals surface area contributed by atoms with Crippen molar-refractivity contribution < 1.29 is 4.74 Å². The summed E-state index contributed by atoms with van der Waals surface area (Å²) >= 11 is 0. The molecule has 2 aromatic rings. The van der Waals surface area contributed by atoms with Gasteiger partial charge in [-0.05, 0) is 50.7 Å². The van der Waals surface area contributed by atoms with Crippen molar-refractivity contribution in [1.82, 2.24) is 10.3 Å². The number of aromatic amines is 1. The van der Waals surface area contributed by atoms with E-state index >= 15 is 0 Å². The van der Waals surface area contributed by atoms with Gasteiger partial charge in [0.05, 0.1) is 6.10 Å². The van der Waals surface area contributed by atoms with E-state index < -0.39 is 0 Å². The molecule has 3 atom stereocenters. The third-order valence-electron chi connectivity index (χ3n) is 5.10. The first kappa shape index (κ1) is 13.4. The summed E-state index contributed by atoms with van der Waals surface area (Å²) in [7, 11) is 0. The molecule has 0 saturated carbocycles. The Labute approximate surface area is 126 Å². The fourth-order valence-electron chi connectivity index (χ4n) is 4.00. The lowest BCUT2D eigenvalue weighted by molar-refractivity contribution is 0.0785. The van der Waals surface area contributed by atoms with Gasteiger partial charge in [0, 0.05) is 35.3 Å². The molecule has 3 heteroatoms. The number of para-hydroxylation sites is 1. The highest BCUT2D eigenvalue weighted by atomic mass is 16.5. The molecule has 0 radical (unpaired) electrons. The SMILES string of the molecule is CC(NC1CCCc2c1[nH]c1ccccc21)C1CCCO1. The lowest BCUT2D eigenvalue weighted by atomic mass is 9.91. The van der Waals surface area contributed by atoms with E-state index in [1.165, 1.54) is 54.3 Å². The Morgan fingerprint density at radius 3 is 3.00 bits per heavy atom. The molecule has 0 spiro atoms. The van der Waals surface area contributed by atoms with Crippen LogP contribution in [0.5, 0.6) is 0 Å². The van der Waals surface area contributed by atoms with Crippen LogP contribution in [0.4, 0.5) is 0 Å². The molecule has 4 rings (SSSR count). The number of hydrogen-bond donors (Lipinski definition) is 2. The van der Waals surface area contributed by atoms with E-state index in [4.69, 9.17) is 4.74 Å². The third kappa shape index (κ3) is 2.39. The number of hydrogen-bond acceptors (Lipinski definition) is 2. The number of rotatable bonds is 3. The van der Waals surface area contributed by atoms with E-state index in [1.54, 1.807) is 0 Å². The molecule has 2 N–H and O–H groups in total. The molecule has 3 unspecified atom stereocenters. The van der Waals surface area contributed by atoms with Crippen molar-refractivity contribution >= 4 is 10.9 Å². The predicted octanol–water partition coefficient (Wildman–Crippen LogP) is 3.70. The zero-order chi connectivity index (χ0) is 14.2. The smallest absolute Gasteiger partial charge is 0.0726 e. The first-order valence-electron chi connectivity index (χ1n) is 8.30. The minimum atomic E-state index is 0.389. The number of H-pyrrole nitrogens is 1. The summed E-state index contributed by atoms with van der Waals surface area (Å²) in [5.41, 5.74) is 4.21. The van der Waals surface area contributed by atoms with Crippen molar-refractivity contribution in [3.63, 3.8) is 0 Å². The molecular weight excluding hydrogens is 260 g/mol. The van der Waals surface area contributed by atoms with Crippen LogP contribution in [0.15, 0.2) is 24.3 Å².